The van der Waals surface area contributed by atoms with Crippen molar-refractivity contribution in [3.63, 3.8) is 0 Å². The summed E-state index contributed by atoms with van der Waals surface area (Å²) < 4.78 is 0. The van der Waals surface area contributed by atoms with Crippen LogP contribution in [-0.4, -0.2) is 34.4 Å². The number of rotatable bonds is 3. The van der Waals surface area contributed by atoms with Gasteiger partial charge < -0.3 is 10.0 Å². The number of carboxylic acid groups (broad SMARTS) is 1. The SMILES string of the molecule is CCC1CCN(c2c(C(=O)O)nnc3ccccc23)C1. The summed E-state index contributed by atoms with van der Waals surface area (Å²) in [6.07, 6.45) is 2.22. The fourth-order valence-corrected chi connectivity index (χ4v) is 2.87. The Kier molecular flexibility index (Phi) is 3.26. The molecule has 3 rings (SSSR count). The van der Waals surface area contributed by atoms with Gasteiger partial charge >= 0.3 is 5.97 Å². The van der Waals surface area contributed by atoms with Crippen LogP contribution in [0.15, 0.2) is 24.3 Å². The number of hydrogen-bond donors (Lipinski definition) is 1. The van der Waals surface area contributed by atoms with Crippen LogP contribution in [0.3, 0.4) is 0 Å². The van der Waals surface area contributed by atoms with Crippen LogP contribution >= 0.6 is 0 Å². The van der Waals surface area contributed by atoms with Crippen LogP contribution in [0.25, 0.3) is 10.9 Å². The van der Waals surface area contributed by atoms with Crippen LogP contribution < -0.4 is 4.90 Å². The molecule has 0 amide bonds. The van der Waals surface area contributed by atoms with Gasteiger partial charge in [0.05, 0.1) is 11.2 Å². The van der Waals surface area contributed by atoms with E-state index < -0.39 is 5.97 Å². The van der Waals surface area contributed by atoms with E-state index in [0.717, 1.165) is 42.5 Å². The maximum absolute atomic E-state index is 11.4. The molecule has 1 aromatic carbocycles. The highest BCUT2D eigenvalue weighted by molar-refractivity contribution is 6.02. The number of nitrogens with zero attached hydrogens (tertiary/aromatic N) is 3. The number of carbonyl (C=O) groups is 1. The minimum absolute atomic E-state index is 0.0560. The van der Waals surface area contributed by atoms with Crippen LogP contribution in [0.5, 0.6) is 0 Å². The predicted octanol–water partition coefficient (Wildman–Crippen LogP) is 2.56. The van der Waals surface area contributed by atoms with E-state index in [-0.39, 0.29) is 5.69 Å². The maximum atomic E-state index is 11.4. The van der Waals surface area contributed by atoms with Gasteiger partial charge in [-0.1, -0.05) is 31.5 Å². The van der Waals surface area contributed by atoms with Gasteiger partial charge in [-0.3, -0.25) is 0 Å². The Morgan fingerprint density at radius 2 is 2.20 bits per heavy atom. The van der Waals surface area contributed by atoms with Crippen LogP contribution in [0.1, 0.15) is 30.3 Å². The highest BCUT2D eigenvalue weighted by Gasteiger charge is 2.27. The molecule has 2 aromatic rings. The first-order chi connectivity index (χ1) is 9.70. The second-order valence-corrected chi connectivity index (χ2v) is 5.23. The molecule has 20 heavy (non-hydrogen) atoms. The maximum Gasteiger partial charge on any atom is 0.358 e. The monoisotopic (exact) mass is 271 g/mol. The second-order valence-electron chi connectivity index (χ2n) is 5.23. The molecule has 1 unspecified atom stereocenters. The fourth-order valence-electron chi connectivity index (χ4n) is 2.87. The molecular formula is C15H17N3O2. The van der Waals surface area contributed by atoms with Gasteiger partial charge in [0.25, 0.3) is 0 Å². The third-order valence-electron chi connectivity index (χ3n) is 4.02. The standard InChI is InChI=1S/C15H17N3O2/c1-2-10-7-8-18(9-10)14-11-5-3-4-6-12(11)16-17-13(14)15(19)20/h3-6,10H,2,7-9H2,1H3,(H,19,20). The average molecular weight is 271 g/mol. The fraction of sp³-hybridized carbons (Fsp3) is 0.400. The topological polar surface area (TPSA) is 66.3 Å². The lowest BCUT2D eigenvalue weighted by atomic mass is 10.1. The molecule has 1 aliphatic heterocycles. The molecule has 0 saturated carbocycles. The second kappa shape index (κ2) is 5.07. The van der Waals surface area contributed by atoms with E-state index in [4.69, 9.17) is 0 Å². The minimum atomic E-state index is -1.02. The van der Waals surface area contributed by atoms with Crippen molar-refractivity contribution < 1.29 is 9.90 Å². The van der Waals surface area contributed by atoms with E-state index in [1.54, 1.807) is 0 Å². The number of aromatic carboxylic acids is 1. The van der Waals surface area contributed by atoms with Gasteiger partial charge in [0.1, 0.15) is 0 Å². The number of hydrogen-bond acceptors (Lipinski definition) is 4. The third-order valence-corrected chi connectivity index (χ3v) is 4.02. The van der Waals surface area contributed by atoms with Crippen LogP contribution in [0.2, 0.25) is 0 Å². The van der Waals surface area contributed by atoms with Gasteiger partial charge in [-0.05, 0) is 18.4 Å². The van der Waals surface area contributed by atoms with Crippen molar-refractivity contribution in [1.82, 2.24) is 10.2 Å². The van der Waals surface area contributed by atoms with E-state index >= 15 is 0 Å². The summed E-state index contributed by atoms with van der Waals surface area (Å²) in [5.74, 6) is -0.387. The van der Waals surface area contributed by atoms with Crippen molar-refractivity contribution in [3.05, 3.63) is 30.0 Å². The molecule has 1 aliphatic rings. The van der Waals surface area contributed by atoms with Gasteiger partial charge in [0.2, 0.25) is 0 Å². The molecule has 104 valence electrons. The Labute approximate surface area is 117 Å². The van der Waals surface area contributed by atoms with Gasteiger partial charge in [0.15, 0.2) is 5.69 Å². The van der Waals surface area contributed by atoms with Gasteiger partial charge in [-0.2, -0.15) is 0 Å². The summed E-state index contributed by atoms with van der Waals surface area (Å²) in [5, 5.41) is 18.2. The zero-order valence-electron chi connectivity index (χ0n) is 11.4. The zero-order valence-corrected chi connectivity index (χ0v) is 11.4. The number of aromatic nitrogens is 2. The van der Waals surface area contributed by atoms with Crippen molar-refractivity contribution in [2.75, 3.05) is 18.0 Å². The largest absolute Gasteiger partial charge is 0.476 e. The first-order valence-corrected chi connectivity index (χ1v) is 6.94. The Bertz CT molecular complexity index is 657. The summed E-state index contributed by atoms with van der Waals surface area (Å²) in [6, 6.07) is 7.59. The lowest BCUT2D eigenvalue weighted by molar-refractivity contribution is 0.0690. The van der Waals surface area contributed by atoms with Crippen molar-refractivity contribution in [2.24, 2.45) is 5.92 Å². The molecule has 2 heterocycles. The Balaban J connectivity index is 2.15. The Morgan fingerprint density at radius 1 is 1.40 bits per heavy atom. The van der Waals surface area contributed by atoms with Crippen molar-refractivity contribution in [1.29, 1.82) is 0 Å². The predicted molar refractivity (Wildman–Crippen MR) is 77.1 cm³/mol. The van der Waals surface area contributed by atoms with E-state index in [9.17, 15) is 9.90 Å². The quantitative estimate of drug-likeness (QED) is 0.929. The molecule has 1 atom stereocenters. The van der Waals surface area contributed by atoms with Gasteiger partial charge in [-0.15, -0.1) is 10.2 Å². The molecule has 0 spiro atoms. The number of anilines is 1. The van der Waals surface area contributed by atoms with Crippen molar-refractivity contribution >= 4 is 22.6 Å². The third kappa shape index (κ3) is 2.09. The first kappa shape index (κ1) is 12.8. The number of fused-ring (bicyclic) bond motifs is 1. The van der Waals surface area contributed by atoms with Gasteiger partial charge in [-0.25, -0.2) is 4.79 Å². The van der Waals surface area contributed by atoms with E-state index in [0.29, 0.717) is 5.92 Å². The summed E-state index contributed by atoms with van der Waals surface area (Å²) in [5.41, 5.74) is 1.52. The van der Waals surface area contributed by atoms with E-state index in [2.05, 4.69) is 22.0 Å². The lowest BCUT2D eigenvalue weighted by Gasteiger charge is -2.21. The summed E-state index contributed by atoms with van der Waals surface area (Å²) in [7, 11) is 0. The first-order valence-electron chi connectivity index (χ1n) is 6.94. The van der Waals surface area contributed by atoms with Crippen LogP contribution in [0, 0.1) is 5.92 Å². The van der Waals surface area contributed by atoms with E-state index in [1.165, 1.54) is 0 Å². The molecule has 1 N–H and O–H groups in total. The molecule has 5 nitrogen and oxygen atoms in total. The molecule has 1 fully saturated rings. The highest BCUT2D eigenvalue weighted by atomic mass is 16.4. The average Bonchev–Trinajstić information content (AvgIpc) is 2.94. The summed E-state index contributed by atoms with van der Waals surface area (Å²) in [4.78, 5) is 13.6. The molecule has 0 bridgehead atoms. The van der Waals surface area contributed by atoms with Crippen molar-refractivity contribution in [3.8, 4) is 0 Å². The molecule has 1 aromatic heterocycles. The van der Waals surface area contributed by atoms with Crippen LogP contribution in [-0.2, 0) is 0 Å². The molecule has 5 heteroatoms. The summed E-state index contributed by atoms with van der Waals surface area (Å²) in [6.45, 7) is 3.95. The van der Waals surface area contributed by atoms with Crippen molar-refractivity contribution in [2.45, 2.75) is 19.8 Å². The van der Waals surface area contributed by atoms with Gasteiger partial charge in [0, 0.05) is 18.5 Å². The lowest BCUT2D eigenvalue weighted by Crippen LogP contribution is -2.23. The number of benzene rings is 1. The molecule has 1 saturated heterocycles. The minimum Gasteiger partial charge on any atom is -0.476 e. The normalized spacial score (nSPS) is 18.6. The Hall–Kier alpha value is -2.17. The smallest absolute Gasteiger partial charge is 0.358 e. The zero-order chi connectivity index (χ0) is 14.1. The molecular weight excluding hydrogens is 254 g/mol. The van der Waals surface area contributed by atoms with E-state index in [1.807, 2.05) is 24.3 Å². The Morgan fingerprint density at radius 3 is 2.90 bits per heavy atom. The highest BCUT2D eigenvalue weighted by Crippen LogP contribution is 2.33. The molecule has 0 aliphatic carbocycles. The number of carboxylic acids is 1. The van der Waals surface area contributed by atoms with Crippen LogP contribution in [0.4, 0.5) is 5.69 Å². The summed E-state index contributed by atoms with van der Waals surface area (Å²) >= 11 is 0. The molecule has 0 radical (unpaired) electrons.